The molecule has 22 heavy (non-hydrogen) atoms. The number of aryl methyl sites for hydroxylation is 2. The van der Waals surface area contributed by atoms with Crippen LogP contribution in [0.3, 0.4) is 0 Å². The molecule has 0 aliphatic heterocycles. The lowest BCUT2D eigenvalue weighted by atomic mass is 10.1. The quantitative estimate of drug-likeness (QED) is 0.768. The van der Waals surface area contributed by atoms with Crippen molar-refractivity contribution in [3.8, 4) is 0 Å². The summed E-state index contributed by atoms with van der Waals surface area (Å²) in [5.74, 6) is 1.72. The Balaban J connectivity index is 1.67. The molecular formula is C15H17N5O2. The number of amides is 1. The molecule has 0 aliphatic rings. The molecule has 1 amide bonds. The van der Waals surface area contributed by atoms with E-state index in [1.54, 1.807) is 6.92 Å². The predicted molar refractivity (Wildman–Crippen MR) is 80.1 cm³/mol. The van der Waals surface area contributed by atoms with E-state index >= 15 is 0 Å². The fraction of sp³-hybridized carbons (Fsp3) is 0.333. The van der Waals surface area contributed by atoms with Crippen molar-refractivity contribution in [3.63, 3.8) is 0 Å². The molecular weight excluding hydrogens is 282 g/mol. The molecule has 7 heteroatoms. The molecule has 0 spiro atoms. The molecule has 7 nitrogen and oxygen atoms in total. The highest BCUT2D eigenvalue weighted by Gasteiger charge is 2.15. The average molecular weight is 299 g/mol. The highest BCUT2D eigenvalue weighted by atomic mass is 16.5. The van der Waals surface area contributed by atoms with Crippen molar-refractivity contribution in [2.45, 2.75) is 33.2 Å². The zero-order valence-corrected chi connectivity index (χ0v) is 12.7. The van der Waals surface area contributed by atoms with Gasteiger partial charge in [-0.25, -0.2) is 4.98 Å². The van der Waals surface area contributed by atoms with Crippen LogP contribution in [0.25, 0.3) is 11.0 Å². The van der Waals surface area contributed by atoms with Gasteiger partial charge in [0.1, 0.15) is 11.9 Å². The number of aromatic nitrogens is 4. The number of nitrogens with zero attached hydrogens (tertiary/aromatic N) is 3. The molecule has 3 aromatic rings. The van der Waals surface area contributed by atoms with Crippen molar-refractivity contribution >= 4 is 16.9 Å². The van der Waals surface area contributed by atoms with Crippen molar-refractivity contribution in [1.82, 2.24) is 25.4 Å². The lowest BCUT2D eigenvalue weighted by Gasteiger charge is -2.09. The molecule has 0 radical (unpaired) electrons. The van der Waals surface area contributed by atoms with Crippen LogP contribution in [0.4, 0.5) is 0 Å². The van der Waals surface area contributed by atoms with Gasteiger partial charge in [-0.1, -0.05) is 11.2 Å². The van der Waals surface area contributed by atoms with Gasteiger partial charge in [-0.05, 0) is 38.5 Å². The fourth-order valence-electron chi connectivity index (χ4n) is 2.32. The smallest absolute Gasteiger partial charge is 0.248 e. The van der Waals surface area contributed by atoms with E-state index in [0.29, 0.717) is 11.7 Å². The molecule has 0 saturated heterocycles. The topological polar surface area (TPSA) is 96.7 Å². The van der Waals surface area contributed by atoms with Crippen molar-refractivity contribution in [3.05, 3.63) is 41.3 Å². The molecule has 1 aromatic carbocycles. The van der Waals surface area contributed by atoms with Gasteiger partial charge in [0, 0.05) is 0 Å². The monoisotopic (exact) mass is 299 g/mol. The van der Waals surface area contributed by atoms with E-state index < -0.39 is 0 Å². The highest BCUT2D eigenvalue weighted by molar-refractivity contribution is 5.81. The van der Waals surface area contributed by atoms with Crippen LogP contribution >= 0.6 is 0 Å². The van der Waals surface area contributed by atoms with Gasteiger partial charge in [0.2, 0.25) is 11.8 Å². The van der Waals surface area contributed by atoms with E-state index in [1.165, 1.54) is 0 Å². The molecule has 3 rings (SSSR count). The van der Waals surface area contributed by atoms with Gasteiger partial charge in [0.25, 0.3) is 0 Å². The minimum Gasteiger partial charge on any atom is -0.344 e. The van der Waals surface area contributed by atoms with E-state index in [1.807, 2.05) is 32.0 Å². The predicted octanol–water partition coefficient (Wildman–Crippen LogP) is 1.98. The summed E-state index contributed by atoms with van der Waals surface area (Å²) in [5.41, 5.74) is 2.75. The number of H-pyrrole nitrogens is 1. The first-order valence-corrected chi connectivity index (χ1v) is 7.06. The first-order valence-electron chi connectivity index (χ1n) is 7.06. The van der Waals surface area contributed by atoms with Crippen molar-refractivity contribution in [2.24, 2.45) is 0 Å². The van der Waals surface area contributed by atoms with E-state index in [2.05, 4.69) is 25.4 Å². The average Bonchev–Trinajstić information content (AvgIpc) is 3.03. The Labute approximate surface area is 127 Å². The molecule has 0 bridgehead atoms. The number of fused-ring (bicyclic) bond motifs is 1. The van der Waals surface area contributed by atoms with E-state index in [0.717, 1.165) is 22.4 Å². The zero-order chi connectivity index (χ0) is 15.7. The lowest BCUT2D eigenvalue weighted by Crippen LogP contribution is -2.28. The fourth-order valence-corrected chi connectivity index (χ4v) is 2.32. The summed E-state index contributed by atoms with van der Waals surface area (Å²) in [6.45, 7) is 5.45. The Hall–Kier alpha value is -2.70. The van der Waals surface area contributed by atoms with Crippen LogP contribution in [-0.2, 0) is 11.2 Å². The summed E-state index contributed by atoms with van der Waals surface area (Å²) in [7, 11) is 0. The largest absolute Gasteiger partial charge is 0.344 e. The number of aromatic amines is 1. The third kappa shape index (κ3) is 2.98. The molecule has 0 saturated carbocycles. The Kier molecular flexibility index (Phi) is 3.62. The highest BCUT2D eigenvalue weighted by Crippen LogP contribution is 2.15. The number of carbonyl (C=O) groups excluding carboxylic acids is 1. The summed E-state index contributed by atoms with van der Waals surface area (Å²) in [6, 6.07) is 5.44. The second kappa shape index (κ2) is 5.59. The number of hydrogen-bond acceptors (Lipinski definition) is 5. The Bertz CT molecular complexity index is 820. The molecule has 2 heterocycles. The summed E-state index contributed by atoms with van der Waals surface area (Å²) >= 11 is 0. The summed E-state index contributed by atoms with van der Waals surface area (Å²) in [6.07, 6.45) is 0.283. The van der Waals surface area contributed by atoms with Gasteiger partial charge in [-0.2, -0.15) is 4.98 Å². The van der Waals surface area contributed by atoms with Gasteiger partial charge in [0.05, 0.1) is 17.5 Å². The summed E-state index contributed by atoms with van der Waals surface area (Å²) in [4.78, 5) is 23.7. The maximum absolute atomic E-state index is 12.1. The number of hydrogen-bond donors (Lipinski definition) is 2. The lowest BCUT2D eigenvalue weighted by molar-refractivity contribution is -0.121. The second-order valence-electron chi connectivity index (χ2n) is 5.32. The van der Waals surface area contributed by atoms with E-state index in [4.69, 9.17) is 4.52 Å². The third-order valence-corrected chi connectivity index (χ3v) is 3.32. The maximum Gasteiger partial charge on any atom is 0.248 e. The number of carbonyl (C=O) groups is 1. The number of rotatable bonds is 4. The van der Waals surface area contributed by atoms with Gasteiger partial charge in [-0.15, -0.1) is 0 Å². The summed E-state index contributed by atoms with van der Waals surface area (Å²) < 4.78 is 5.05. The Morgan fingerprint density at radius 3 is 2.91 bits per heavy atom. The van der Waals surface area contributed by atoms with Crippen LogP contribution in [0.5, 0.6) is 0 Å². The molecule has 114 valence electrons. The molecule has 0 aliphatic carbocycles. The van der Waals surface area contributed by atoms with Gasteiger partial charge < -0.3 is 14.8 Å². The first kappa shape index (κ1) is 14.2. The molecule has 1 atom stereocenters. The first-order chi connectivity index (χ1) is 10.5. The molecule has 0 unspecified atom stereocenters. The van der Waals surface area contributed by atoms with Crippen LogP contribution in [0.2, 0.25) is 0 Å². The van der Waals surface area contributed by atoms with Crippen LogP contribution in [-0.4, -0.2) is 26.0 Å². The van der Waals surface area contributed by atoms with Crippen molar-refractivity contribution in [2.75, 3.05) is 0 Å². The molecule has 2 N–H and O–H groups in total. The second-order valence-corrected chi connectivity index (χ2v) is 5.32. The Morgan fingerprint density at radius 2 is 2.18 bits per heavy atom. The van der Waals surface area contributed by atoms with E-state index in [-0.39, 0.29) is 18.4 Å². The molecule has 2 aromatic heterocycles. The van der Waals surface area contributed by atoms with Crippen LogP contribution in [0.1, 0.15) is 36.1 Å². The van der Waals surface area contributed by atoms with E-state index in [9.17, 15) is 4.79 Å². The molecule has 0 fully saturated rings. The van der Waals surface area contributed by atoms with Crippen LogP contribution < -0.4 is 5.32 Å². The minimum atomic E-state index is -0.313. The summed E-state index contributed by atoms with van der Waals surface area (Å²) in [5, 5.41) is 6.57. The van der Waals surface area contributed by atoms with Crippen molar-refractivity contribution in [1.29, 1.82) is 0 Å². The Morgan fingerprint density at radius 1 is 1.36 bits per heavy atom. The SMILES string of the molecule is Cc1noc([C@@H](C)NC(=O)Cc2ccc3nc(C)[nH]c3c2)n1. The number of imidazole rings is 1. The van der Waals surface area contributed by atoms with Crippen LogP contribution in [0, 0.1) is 13.8 Å². The zero-order valence-electron chi connectivity index (χ0n) is 12.7. The normalized spacial score (nSPS) is 12.5. The van der Waals surface area contributed by atoms with Crippen LogP contribution in [0.15, 0.2) is 22.7 Å². The minimum absolute atomic E-state index is 0.0982. The van der Waals surface area contributed by atoms with Gasteiger partial charge >= 0.3 is 0 Å². The third-order valence-electron chi connectivity index (χ3n) is 3.32. The number of nitrogens with one attached hydrogen (secondary N) is 2. The van der Waals surface area contributed by atoms with Gasteiger partial charge in [-0.3, -0.25) is 4.79 Å². The standard InChI is InChI=1S/C15H17N5O2/c1-8(15-19-10(3)20-22-15)16-14(21)7-11-4-5-12-13(6-11)18-9(2)17-12/h4-6,8H,7H2,1-3H3,(H,16,21)(H,17,18)/t8-/m1/s1. The number of benzene rings is 1. The van der Waals surface area contributed by atoms with Crippen molar-refractivity contribution < 1.29 is 9.32 Å². The maximum atomic E-state index is 12.1. The van der Waals surface area contributed by atoms with Gasteiger partial charge in [0.15, 0.2) is 5.82 Å².